The number of anilines is 1. The van der Waals surface area contributed by atoms with Crippen molar-refractivity contribution in [3.8, 4) is 0 Å². The van der Waals surface area contributed by atoms with Crippen LogP contribution in [-0.4, -0.2) is 18.8 Å². The largest absolute Gasteiger partial charge is 0.383 e. The van der Waals surface area contributed by atoms with Crippen molar-refractivity contribution in [2.75, 3.05) is 18.5 Å². The molecule has 90 valence electrons. The Bertz CT molecular complexity index is 344. The van der Waals surface area contributed by atoms with Gasteiger partial charge in [-0.1, -0.05) is 17.7 Å². The van der Waals surface area contributed by atoms with Gasteiger partial charge in [0.15, 0.2) is 0 Å². The zero-order valence-electron chi connectivity index (χ0n) is 10.4. The van der Waals surface area contributed by atoms with Gasteiger partial charge >= 0.3 is 0 Å². The number of aryl methyl sites for hydroxylation is 1. The molecule has 0 saturated carbocycles. The maximum atomic E-state index is 6.03. The van der Waals surface area contributed by atoms with Crippen molar-refractivity contribution in [1.82, 2.24) is 0 Å². The molecular formula is C13H20ClNO. The van der Waals surface area contributed by atoms with Crippen molar-refractivity contribution in [2.24, 2.45) is 0 Å². The van der Waals surface area contributed by atoms with E-state index in [0.717, 1.165) is 22.8 Å². The average molecular weight is 242 g/mol. The Labute approximate surface area is 103 Å². The molecule has 16 heavy (non-hydrogen) atoms. The van der Waals surface area contributed by atoms with Gasteiger partial charge in [0, 0.05) is 17.3 Å². The molecule has 0 aliphatic carbocycles. The molecule has 0 aliphatic rings. The first kappa shape index (κ1) is 13.3. The molecule has 0 heterocycles. The summed E-state index contributed by atoms with van der Waals surface area (Å²) >= 11 is 6.03. The molecule has 0 amide bonds. The standard InChI is InChI=1S/C13H20ClNO/c1-10-5-6-11(9-12(10)14)15-7-8-16-13(2,3)4/h5-6,9,15H,7-8H2,1-4H3. The van der Waals surface area contributed by atoms with Crippen molar-refractivity contribution in [3.05, 3.63) is 28.8 Å². The molecule has 0 bridgehead atoms. The normalized spacial score (nSPS) is 11.6. The molecule has 0 spiro atoms. The third-order valence-electron chi connectivity index (χ3n) is 2.14. The van der Waals surface area contributed by atoms with Crippen LogP contribution in [0.15, 0.2) is 18.2 Å². The third-order valence-corrected chi connectivity index (χ3v) is 2.55. The van der Waals surface area contributed by atoms with E-state index in [2.05, 4.69) is 26.1 Å². The second-order valence-corrected chi connectivity index (χ2v) is 5.26. The highest BCUT2D eigenvalue weighted by atomic mass is 35.5. The van der Waals surface area contributed by atoms with Crippen molar-refractivity contribution >= 4 is 17.3 Å². The highest BCUT2D eigenvalue weighted by Gasteiger charge is 2.08. The van der Waals surface area contributed by atoms with Gasteiger partial charge in [0.2, 0.25) is 0 Å². The zero-order valence-corrected chi connectivity index (χ0v) is 11.2. The Morgan fingerprint density at radius 1 is 1.31 bits per heavy atom. The first-order chi connectivity index (χ1) is 7.38. The van der Waals surface area contributed by atoms with E-state index < -0.39 is 0 Å². The summed E-state index contributed by atoms with van der Waals surface area (Å²) in [5.41, 5.74) is 2.05. The lowest BCUT2D eigenvalue weighted by Gasteiger charge is -2.19. The van der Waals surface area contributed by atoms with Gasteiger partial charge in [-0.05, 0) is 45.4 Å². The predicted octanol–water partition coefficient (Wildman–Crippen LogP) is 3.88. The number of ether oxygens (including phenoxy) is 1. The number of nitrogens with one attached hydrogen (secondary N) is 1. The predicted molar refractivity (Wildman–Crippen MR) is 70.4 cm³/mol. The molecule has 0 saturated heterocycles. The van der Waals surface area contributed by atoms with Gasteiger partial charge in [0.05, 0.1) is 12.2 Å². The molecule has 0 aliphatic heterocycles. The van der Waals surface area contributed by atoms with E-state index in [-0.39, 0.29) is 5.60 Å². The minimum atomic E-state index is -0.0768. The SMILES string of the molecule is Cc1ccc(NCCOC(C)(C)C)cc1Cl. The Morgan fingerprint density at radius 3 is 2.56 bits per heavy atom. The minimum Gasteiger partial charge on any atom is -0.383 e. The summed E-state index contributed by atoms with van der Waals surface area (Å²) in [5, 5.41) is 4.07. The highest BCUT2D eigenvalue weighted by Crippen LogP contribution is 2.19. The number of hydrogen-bond acceptors (Lipinski definition) is 2. The van der Waals surface area contributed by atoms with Gasteiger partial charge in [-0.2, -0.15) is 0 Å². The van der Waals surface area contributed by atoms with Crippen molar-refractivity contribution < 1.29 is 4.74 Å². The van der Waals surface area contributed by atoms with Gasteiger partial charge in [-0.15, -0.1) is 0 Å². The zero-order chi connectivity index (χ0) is 12.2. The Kier molecular flexibility index (Phi) is 4.63. The molecule has 1 rings (SSSR count). The molecule has 0 aromatic heterocycles. The van der Waals surface area contributed by atoms with E-state index in [1.54, 1.807) is 0 Å². The Balaban J connectivity index is 2.35. The fraction of sp³-hybridized carbons (Fsp3) is 0.538. The Morgan fingerprint density at radius 2 is 2.00 bits per heavy atom. The first-order valence-corrected chi connectivity index (χ1v) is 5.90. The molecule has 1 N–H and O–H groups in total. The van der Waals surface area contributed by atoms with Crippen LogP contribution < -0.4 is 5.32 Å². The maximum Gasteiger partial charge on any atom is 0.0646 e. The summed E-state index contributed by atoms with van der Waals surface area (Å²) in [4.78, 5) is 0. The lowest BCUT2D eigenvalue weighted by atomic mass is 10.2. The molecule has 0 unspecified atom stereocenters. The lowest BCUT2D eigenvalue weighted by molar-refractivity contribution is 0.00333. The van der Waals surface area contributed by atoms with Gasteiger partial charge in [0.25, 0.3) is 0 Å². The smallest absolute Gasteiger partial charge is 0.0646 e. The molecule has 1 aromatic rings. The summed E-state index contributed by atoms with van der Waals surface area (Å²) < 4.78 is 5.61. The van der Waals surface area contributed by atoms with Crippen LogP contribution in [0.25, 0.3) is 0 Å². The lowest BCUT2D eigenvalue weighted by Crippen LogP contribution is -2.23. The molecule has 1 aromatic carbocycles. The molecule has 0 radical (unpaired) electrons. The number of benzene rings is 1. The van der Waals surface area contributed by atoms with E-state index in [1.165, 1.54) is 0 Å². The third kappa shape index (κ3) is 4.86. The van der Waals surface area contributed by atoms with E-state index in [1.807, 2.05) is 25.1 Å². The van der Waals surface area contributed by atoms with Crippen LogP contribution in [0, 0.1) is 6.92 Å². The summed E-state index contributed by atoms with van der Waals surface area (Å²) in [6, 6.07) is 5.97. The minimum absolute atomic E-state index is 0.0768. The molecule has 0 fully saturated rings. The highest BCUT2D eigenvalue weighted by molar-refractivity contribution is 6.31. The second kappa shape index (κ2) is 5.55. The molecule has 3 heteroatoms. The summed E-state index contributed by atoms with van der Waals surface area (Å²) in [6.07, 6.45) is 0. The molecular weight excluding hydrogens is 222 g/mol. The summed E-state index contributed by atoms with van der Waals surface area (Å²) in [5.74, 6) is 0. The first-order valence-electron chi connectivity index (χ1n) is 5.52. The van der Waals surface area contributed by atoms with Gasteiger partial charge in [-0.25, -0.2) is 0 Å². The molecule has 0 atom stereocenters. The van der Waals surface area contributed by atoms with Gasteiger partial charge < -0.3 is 10.1 Å². The fourth-order valence-electron chi connectivity index (χ4n) is 1.26. The number of halogens is 1. The Hall–Kier alpha value is -0.730. The maximum absolute atomic E-state index is 6.03. The van der Waals surface area contributed by atoms with Crippen LogP contribution in [0.4, 0.5) is 5.69 Å². The second-order valence-electron chi connectivity index (χ2n) is 4.85. The fourth-order valence-corrected chi connectivity index (χ4v) is 1.44. The monoisotopic (exact) mass is 241 g/mol. The quantitative estimate of drug-likeness (QED) is 0.808. The van der Waals surface area contributed by atoms with Crippen molar-refractivity contribution in [3.63, 3.8) is 0 Å². The van der Waals surface area contributed by atoms with Crippen LogP contribution in [-0.2, 0) is 4.74 Å². The van der Waals surface area contributed by atoms with Crippen LogP contribution in [0.2, 0.25) is 5.02 Å². The van der Waals surface area contributed by atoms with Crippen LogP contribution in [0.1, 0.15) is 26.3 Å². The van der Waals surface area contributed by atoms with E-state index in [0.29, 0.717) is 6.61 Å². The number of rotatable bonds is 4. The van der Waals surface area contributed by atoms with Crippen LogP contribution in [0.3, 0.4) is 0 Å². The van der Waals surface area contributed by atoms with Gasteiger partial charge in [-0.3, -0.25) is 0 Å². The molecule has 2 nitrogen and oxygen atoms in total. The van der Waals surface area contributed by atoms with E-state index in [9.17, 15) is 0 Å². The average Bonchev–Trinajstić information content (AvgIpc) is 2.17. The van der Waals surface area contributed by atoms with Crippen LogP contribution >= 0.6 is 11.6 Å². The summed E-state index contributed by atoms with van der Waals surface area (Å²) in [6.45, 7) is 9.63. The summed E-state index contributed by atoms with van der Waals surface area (Å²) in [7, 11) is 0. The van der Waals surface area contributed by atoms with E-state index in [4.69, 9.17) is 16.3 Å². The van der Waals surface area contributed by atoms with Crippen LogP contribution in [0.5, 0.6) is 0 Å². The van der Waals surface area contributed by atoms with Gasteiger partial charge in [0.1, 0.15) is 0 Å². The van der Waals surface area contributed by atoms with Crippen molar-refractivity contribution in [2.45, 2.75) is 33.3 Å². The topological polar surface area (TPSA) is 21.3 Å². The number of hydrogen-bond donors (Lipinski definition) is 1. The van der Waals surface area contributed by atoms with Crippen molar-refractivity contribution in [1.29, 1.82) is 0 Å². The van der Waals surface area contributed by atoms with E-state index >= 15 is 0 Å².